The lowest BCUT2D eigenvalue weighted by atomic mass is 10.1. The van der Waals surface area contributed by atoms with Crippen LogP contribution in [-0.4, -0.2) is 57.6 Å². The number of aryl methyl sites for hydroxylation is 1. The SMILES string of the molecule is Cc1[nH]nc2ccc(-c3nnc(Cl)c([N+]45CCCC4CNCC5)n3)cc12. The number of quaternary nitrogens is 1. The van der Waals surface area contributed by atoms with Crippen LogP contribution in [0.4, 0.5) is 5.82 Å². The topological polar surface area (TPSA) is 79.4 Å². The lowest BCUT2D eigenvalue weighted by Gasteiger charge is -2.41. The molecule has 2 unspecified atom stereocenters. The van der Waals surface area contributed by atoms with Crippen LogP contribution in [0.3, 0.4) is 0 Å². The molecule has 134 valence electrons. The van der Waals surface area contributed by atoms with E-state index in [0.717, 1.165) is 58.6 Å². The van der Waals surface area contributed by atoms with Crippen LogP contribution in [0.5, 0.6) is 0 Å². The van der Waals surface area contributed by atoms with Crippen molar-refractivity contribution in [1.29, 1.82) is 0 Å². The smallest absolute Gasteiger partial charge is 0.270 e. The van der Waals surface area contributed by atoms with Crippen LogP contribution in [0, 0.1) is 6.92 Å². The molecule has 4 heterocycles. The first kappa shape index (κ1) is 16.1. The Hall–Kier alpha value is -2.09. The fourth-order valence-electron chi connectivity index (χ4n) is 4.53. The highest BCUT2D eigenvalue weighted by Gasteiger charge is 2.48. The maximum atomic E-state index is 6.49. The molecule has 2 aliphatic heterocycles. The lowest BCUT2D eigenvalue weighted by molar-refractivity contribution is 0.207. The standard InChI is InChI=1S/C18H21ClN7/c1-11-14-9-12(4-5-15(14)23-22-11)17-21-18(16(19)24-25-17)26-7-2-3-13(26)10-20-6-8-26/h4-5,9,13,20H,2-3,6-8,10H2,1H3,(H,22,23)/q+1. The van der Waals surface area contributed by atoms with E-state index in [-0.39, 0.29) is 0 Å². The first-order chi connectivity index (χ1) is 12.7. The van der Waals surface area contributed by atoms with E-state index in [2.05, 4.69) is 31.8 Å². The van der Waals surface area contributed by atoms with Crippen LogP contribution in [0.25, 0.3) is 22.3 Å². The molecule has 0 saturated carbocycles. The van der Waals surface area contributed by atoms with Crippen molar-refractivity contribution in [2.45, 2.75) is 25.8 Å². The zero-order chi connectivity index (χ0) is 17.7. The third-order valence-corrected chi connectivity index (χ3v) is 6.16. The van der Waals surface area contributed by atoms with Crippen LogP contribution in [0.1, 0.15) is 18.5 Å². The number of nitrogens with zero attached hydrogens (tertiary/aromatic N) is 5. The van der Waals surface area contributed by atoms with Gasteiger partial charge < -0.3 is 5.32 Å². The summed E-state index contributed by atoms with van der Waals surface area (Å²) in [7, 11) is 0. The Kier molecular flexibility index (Phi) is 3.70. The summed E-state index contributed by atoms with van der Waals surface area (Å²) in [5.41, 5.74) is 2.92. The first-order valence-corrected chi connectivity index (χ1v) is 9.48. The number of aromatic nitrogens is 5. The van der Waals surface area contributed by atoms with Gasteiger partial charge in [0.1, 0.15) is 6.04 Å². The highest BCUT2D eigenvalue weighted by atomic mass is 35.5. The average molecular weight is 371 g/mol. The number of halogens is 1. The molecule has 2 aliphatic rings. The number of rotatable bonds is 2. The number of piperazine rings is 1. The van der Waals surface area contributed by atoms with Crippen molar-refractivity contribution in [3.05, 3.63) is 29.0 Å². The van der Waals surface area contributed by atoms with Crippen molar-refractivity contribution >= 4 is 28.3 Å². The van der Waals surface area contributed by atoms with Gasteiger partial charge in [-0.2, -0.15) is 10.1 Å². The normalized spacial score (nSPS) is 25.5. The molecule has 5 rings (SSSR count). The van der Waals surface area contributed by atoms with Crippen molar-refractivity contribution < 1.29 is 0 Å². The van der Waals surface area contributed by atoms with Gasteiger partial charge in [-0.25, -0.2) is 0 Å². The Balaban J connectivity index is 1.63. The van der Waals surface area contributed by atoms with Gasteiger partial charge in [-0.3, -0.25) is 9.58 Å². The number of hydrogen-bond acceptors (Lipinski definition) is 5. The van der Waals surface area contributed by atoms with Gasteiger partial charge in [0, 0.05) is 42.6 Å². The Morgan fingerprint density at radius 1 is 1.23 bits per heavy atom. The molecule has 2 N–H and O–H groups in total. The highest BCUT2D eigenvalue weighted by Crippen LogP contribution is 2.38. The van der Waals surface area contributed by atoms with Crippen molar-refractivity contribution in [3.8, 4) is 11.4 Å². The fraction of sp³-hybridized carbons (Fsp3) is 0.444. The zero-order valence-electron chi connectivity index (χ0n) is 14.7. The van der Waals surface area contributed by atoms with Crippen LogP contribution in [0.15, 0.2) is 18.2 Å². The van der Waals surface area contributed by atoms with Gasteiger partial charge in [-0.15, -0.1) is 10.2 Å². The molecule has 0 bridgehead atoms. The van der Waals surface area contributed by atoms with E-state index in [1.807, 2.05) is 19.1 Å². The molecule has 1 aromatic carbocycles. The van der Waals surface area contributed by atoms with Gasteiger partial charge in [0.05, 0.1) is 18.6 Å². The minimum atomic E-state index is 0.433. The summed E-state index contributed by atoms with van der Waals surface area (Å²) in [6, 6.07) is 6.57. The van der Waals surface area contributed by atoms with Crippen molar-refractivity contribution in [1.82, 2.24) is 35.2 Å². The molecule has 0 aliphatic carbocycles. The summed E-state index contributed by atoms with van der Waals surface area (Å²) in [4.78, 5) is 4.93. The van der Waals surface area contributed by atoms with Gasteiger partial charge in [0.15, 0.2) is 5.82 Å². The number of fused-ring (bicyclic) bond motifs is 2. The predicted octanol–water partition coefficient (Wildman–Crippen LogP) is 2.45. The molecule has 0 amide bonds. The second-order valence-corrected chi connectivity index (χ2v) is 7.67. The van der Waals surface area contributed by atoms with Crippen molar-refractivity contribution in [2.75, 3.05) is 26.2 Å². The molecule has 3 aromatic rings. The molecule has 2 atom stereocenters. The minimum Gasteiger partial charge on any atom is -0.306 e. The summed E-state index contributed by atoms with van der Waals surface area (Å²) in [5.74, 6) is 1.51. The lowest BCUT2D eigenvalue weighted by Crippen LogP contribution is -2.63. The monoisotopic (exact) mass is 370 g/mol. The van der Waals surface area contributed by atoms with Crippen molar-refractivity contribution in [3.63, 3.8) is 0 Å². The fourth-order valence-corrected chi connectivity index (χ4v) is 4.78. The number of nitrogens with one attached hydrogen (secondary N) is 2. The van der Waals surface area contributed by atoms with E-state index < -0.39 is 0 Å². The van der Waals surface area contributed by atoms with Gasteiger partial charge in [0.25, 0.3) is 5.82 Å². The second-order valence-electron chi connectivity index (χ2n) is 7.31. The Morgan fingerprint density at radius 2 is 2.15 bits per heavy atom. The molecule has 7 nitrogen and oxygen atoms in total. The second kappa shape index (κ2) is 5.97. The van der Waals surface area contributed by atoms with Gasteiger partial charge in [-0.1, -0.05) is 11.6 Å². The maximum Gasteiger partial charge on any atom is 0.270 e. The Labute approximate surface area is 156 Å². The number of benzene rings is 1. The molecular formula is C18H21ClN7+. The van der Waals surface area contributed by atoms with E-state index in [4.69, 9.17) is 16.6 Å². The van der Waals surface area contributed by atoms with Crippen molar-refractivity contribution in [2.24, 2.45) is 0 Å². The molecule has 0 spiro atoms. The molecule has 2 aromatic heterocycles. The molecule has 26 heavy (non-hydrogen) atoms. The van der Waals surface area contributed by atoms with Gasteiger partial charge >= 0.3 is 0 Å². The van der Waals surface area contributed by atoms with Crippen LogP contribution in [0.2, 0.25) is 5.15 Å². The first-order valence-electron chi connectivity index (χ1n) is 9.11. The van der Waals surface area contributed by atoms with Crippen LogP contribution in [-0.2, 0) is 0 Å². The zero-order valence-corrected chi connectivity index (χ0v) is 15.4. The van der Waals surface area contributed by atoms with Crippen LogP contribution >= 0.6 is 11.6 Å². The maximum absolute atomic E-state index is 6.49. The number of hydrogen-bond donors (Lipinski definition) is 2. The Bertz CT molecular complexity index is 985. The minimum absolute atomic E-state index is 0.433. The predicted molar refractivity (Wildman–Crippen MR) is 102 cm³/mol. The molecule has 2 fully saturated rings. The summed E-state index contributed by atoms with van der Waals surface area (Å²) < 4.78 is 0.835. The quantitative estimate of drug-likeness (QED) is 0.677. The third kappa shape index (κ3) is 2.35. The van der Waals surface area contributed by atoms with Gasteiger partial charge in [-0.05, 0) is 25.1 Å². The summed E-state index contributed by atoms with van der Waals surface area (Å²) in [6.45, 7) is 6.08. The van der Waals surface area contributed by atoms with Gasteiger partial charge in [0.2, 0.25) is 5.15 Å². The average Bonchev–Trinajstić information content (AvgIpc) is 3.26. The molecule has 0 radical (unpaired) electrons. The summed E-state index contributed by atoms with van der Waals surface area (Å²) >= 11 is 6.49. The molecule has 2 saturated heterocycles. The highest BCUT2D eigenvalue weighted by molar-refractivity contribution is 6.31. The number of aromatic amines is 1. The van der Waals surface area contributed by atoms with E-state index >= 15 is 0 Å². The summed E-state index contributed by atoms with van der Waals surface area (Å²) in [5, 5.41) is 20.9. The molecular weight excluding hydrogens is 350 g/mol. The largest absolute Gasteiger partial charge is 0.306 e. The van der Waals surface area contributed by atoms with Crippen LogP contribution < -0.4 is 9.80 Å². The number of H-pyrrole nitrogens is 1. The molecule has 8 heteroatoms. The third-order valence-electron chi connectivity index (χ3n) is 5.91. The Morgan fingerprint density at radius 3 is 3.08 bits per heavy atom. The van der Waals surface area contributed by atoms with E-state index in [1.54, 1.807) is 0 Å². The van der Waals surface area contributed by atoms with E-state index in [1.165, 1.54) is 12.8 Å². The summed E-state index contributed by atoms with van der Waals surface area (Å²) in [6.07, 6.45) is 2.39. The van der Waals surface area contributed by atoms with E-state index in [0.29, 0.717) is 17.0 Å². The van der Waals surface area contributed by atoms with E-state index in [9.17, 15) is 0 Å².